The molecule has 16 heavy (non-hydrogen) atoms. The van der Waals surface area contributed by atoms with Crippen molar-refractivity contribution in [1.82, 2.24) is 0 Å². The maximum absolute atomic E-state index is 11.1. The predicted molar refractivity (Wildman–Crippen MR) is 58.0 cm³/mol. The average molecular weight is 230 g/mol. The molecule has 0 radical (unpaired) electrons. The molecule has 0 spiro atoms. The molecular weight excluding hydrogens is 212 g/mol. The Morgan fingerprint density at radius 3 is 2.38 bits per heavy atom. The first-order chi connectivity index (χ1) is 7.61. The molecule has 0 fully saturated rings. The van der Waals surface area contributed by atoms with Gasteiger partial charge in [-0.25, -0.2) is 9.59 Å². The summed E-state index contributed by atoms with van der Waals surface area (Å²) in [4.78, 5) is 22.1. The van der Waals surface area contributed by atoms with Gasteiger partial charge in [-0.3, -0.25) is 0 Å². The largest absolute Gasteiger partial charge is 0.516 e. The number of rotatable bonds is 6. The van der Waals surface area contributed by atoms with Crippen LogP contribution in [0.1, 0.15) is 26.7 Å². The van der Waals surface area contributed by atoms with E-state index in [-0.39, 0.29) is 6.61 Å². The smallest absolute Gasteiger partial charge is 0.434 e. The minimum atomic E-state index is -0.955. The van der Waals surface area contributed by atoms with E-state index >= 15 is 0 Å². The molecule has 0 N–H and O–H groups in total. The summed E-state index contributed by atoms with van der Waals surface area (Å²) in [6.07, 6.45) is 2.09. The topological polar surface area (TPSA) is 61.8 Å². The second-order valence-electron chi connectivity index (χ2n) is 3.16. The molecule has 0 rings (SSSR count). The molecule has 0 aromatic carbocycles. The van der Waals surface area contributed by atoms with E-state index in [4.69, 9.17) is 4.74 Å². The van der Waals surface area contributed by atoms with Gasteiger partial charge < -0.3 is 14.2 Å². The molecule has 0 saturated carbocycles. The van der Waals surface area contributed by atoms with E-state index < -0.39 is 12.1 Å². The molecule has 5 heteroatoms. The number of methoxy groups -OCH3 is 1. The predicted octanol–water partition coefficient (Wildman–Crippen LogP) is 2.06. The molecule has 0 aromatic rings. The maximum atomic E-state index is 11.1. The Hall–Kier alpha value is -1.36. The number of hydrogen-bond acceptors (Lipinski definition) is 5. The minimum absolute atomic E-state index is 0.227. The first-order valence-corrected chi connectivity index (χ1v) is 5.12. The van der Waals surface area contributed by atoms with Gasteiger partial charge in [0.1, 0.15) is 0 Å². The summed E-state index contributed by atoms with van der Waals surface area (Å²) in [7, 11) is 1.60. The Labute approximate surface area is 95.4 Å². The molecule has 0 aliphatic heterocycles. The van der Waals surface area contributed by atoms with Gasteiger partial charge in [-0.2, -0.15) is 0 Å². The van der Waals surface area contributed by atoms with Crippen molar-refractivity contribution in [2.45, 2.75) is 26.7 Å². The second kappa shape index (κ2) is 8.91. The van der Waals surface area contributed by atoms with Crippen LogP contribution in [-0.4, -0.2) is 32.4 Å². The normalized spacial score (nSPS) is 11.1. The number of unbranched alkanes of at least 4 members (excludes halogenated alkanes) is 1. The quantitative estimate of drug-likeness (QED) is 0.302. The molecule has 0 aliphatic carbocycles. The van der Waals surface area contributed by atoms with Crippen LogP contribution in [0, 0.1) is 0 Å². The number of carbonyl (C=O) groups is 2. The van der Waals surface area contributed by atoms with Crippen molar-refractivity contribution in [3.8, 4) is 0 Å². The molecule has 92 valence electrons. The lowest BCUT2D eigenvalue weighted by Crippen LogP contribution is -2.15. The number of ether oxygens (including phenoxy) is 3. The lowest BCUT2D eigenvalue weighted by Gasteiger charge is -2.04. The maximum Gasteiger partial charge on any atom is 0.516 e. The third-order valence-corrected chi connectivity index (χ3v) is 1.89. The van der Waals surface area contributed by atoms with Crippen LogP contribution in [0.3, 0.4) is 0 Å². The van der Waals surface area contributed by atoms with Crippen LogP contribution in [0.2, 0.25) is 0 Å². The van der Waals surface area contributed by atoms with Crippen molar-refractivity contribution in [2.24, 2.45) is 0 Å². The summed E-state index contributed by atoms with van der Waals surface area (Å²) in [5, 5.41) is 0. The molecule has 0 aliphatic rings. The van der Waals surface area contributed by atoms with E-state index in [2.05, 4.69) is 9.47 Å². The first kappa shape index (κ1) is 14.6. The van der Waals surface area contributed by atoms with E-state index in [1.165, 1.54) is 0 Å². The summed E-state index contributed by atoms with van der Waals surface area (Å²) in [6, 6.07) is 0. The van der Waals surface area contributed by atoms with E-state index in [1.807, 2.05) is 0 Å². The van der Waals surface area contributed by atoms with Gasteiger partial charge in [-0.1, -0.05) is 6.08 Å². The molecule has 0 atom stereocenters. The fraction of sp³-hybridized carbons (Fsp3) is 0.636. The third kappa shape index (κ3) is 7.00. The fourth-order valence-electron chi connectivity index (χ4n) is 0.807. The van der Waals surface area contributed by atoms with Crippen molar-refractivity contribution >= 4 is 12.1 Å². The monoisotopic (exact) mass is 230 g/mol. The zero-order valence-electron chi connectivity index (χ0n) is 9.95. The van der Waals surface area contributed by atoms with Gasteiger partial charge >= 0.3 is 12.1 Å². The van der Waals surface area contributed by atoms with Gasteiger partial charge in [0.15, 0.2) is 0 Å². The van der Waals surface area contributed by atoms with Crippen LogP contribution in [0.15, 0.2) is 11.6 Å². The lowest BCUT2D eigenvalue weighted by molar-refractivity contribution is -0.135. The number of allylic oxidation sites excluding steroid dienone is 1. The molecule has 0 bridgehead atoms. The molecular formula is C11H18O5. The van der Waals surface area contributed by atoms with Crippen molar-refractivity contribution < 1.29 is 23.8 Å². The summed E-state index contributed by atoms with van der Waals surface area (Å²) >= 11 is 0. The minimum Gasteiger partial charge on any atom is -0.434 e. The van der Waals surface area contributed by atoms with Crippen molar-refractivity contribution in [3.05, 3.63) is 11.6 Å². The van der Waals surface area contributed by atoms with Crippen LogP contribution >= 0.6 is 0 Å². The summed E-state index contributed by atoms with van der Waals surface area (Å²) in [5.41, 5.74) is 0.372. The zero-order valence-corrected chi connectivity index (χ0v) is 9.95. The van der Waals surface area contributed by atoms with Crippen LogP contribution in [-0.2, 0) is 19.0 Å². The van der Waals surface area contributed by atoms with Gasteiger partial charge in [0.2, 0.25) is 0 Å². The summed E-state index contributed by atoms with van der Waals surface area (Å²) < 4.78 is 13.9. The summed E-state index contributed by atoms with van der Waals surface area (Å²) in [5.74, 6) is -0.676. The van der Waals surface area contributed by atoms with Crippen LogP contribution in [0.25, 0.3) is 0 Å². The van der Waals surface area contributed by atoms with Gasteiger partial charge in [0.25, 0.3) is 0 Å². The van der Waals surface area contributed by atoms with E-state index in [0.29, 0.717) is 18.6 Å². The van der Waals surface area contributed by atoms with E-state index in [1.54, 1.807) is 27.0 Å². The Morgan fingerprint density at radius 2 is 1.81 bits per heavy atom. The van der Waals surface area contributed by atoms with Gasteiger partial charge in [0, 0.05) is 19.3 Å². The van der Waals surface area contributed by atoms with Crippen molar-refractivity contribution in [3.63, 3.8) is 0 Å². The van der Waals surface area contributed by atoms with E-state index in [0.717, 1.165) is 6.42 Å². The molecule has 0 unspecified atom stereocenters. The van der Waals surface area contributed by atoms with Crippen LogP contribution < -0.4 is 0 Å². The lowest BCUT2D eigenvalue weighted by atomic mass is 10.3. The highest BCUT2D eigenvalue weighted by molar-refractivity contribution is 5.93. The van der Waals surface area contributed by atoms with Crippen LogP contribution in [0.5, 0.6) is 0 Å². The van der Waals surface area contributed by atoms with Gasteiger partial charge in [-0.15, -0.1) is 0 Å². The van der Waals surface area contributed by atoms with Gasteiger partial charge in [0.05, 0.1) is 6.61 Å². The van der Waals surface area contributed by atoms with Crippen molar-refractivity contribution in [1.29, 1.82) is 0 Å². The number of carbonyl (C=O) groups excluding carboxylic acids is 2. The van der Waals surface area contributed by atoms with Crippen LogP contribution in [0.4, 0.5) is 4.79 Å². The standard InChI is InChI=1S/C11H18O5/c1-4-9(2)10(12)16-11(13)15-8-6-5-7-14-3/h4H,5-8H2,1-3H3. The molecule has 0 amide bonds. The molecule has 5 nitrogen and oxygen atoms in total. The Kier molecular flexibility index (Phi) is 8.15. The highest BCUT2D eigenvalue weighted by atomic mass is 16.7. The molecule has 0 heterocycles. The zero-order chi connectivity index (χ0) is 12.4. The Balaban J connectivity index is 3.63. The number of esters is 1. The van der Waals surface area contributed by atoms with Gasteiger partial charge in [-0.05, 0) is 26.7 Å². The second-order valence-corrected chi connectivity index (χ2v) is 3.16. The fourth-order valence-corrected chi connectivity index (χ4v) is 0.807. The van der Waals surface area contributed by atoms with E-state index in [9.17, 15) is 9.59 Å². The molecule has 0 saturated heterocycles. The number of hydrogen-bond donors (Lipinski definition) is 0. The van der Waals surface area contributed by atoms with Crippen molar-refractivity contribution in [2.75, 3.05) is 20.3 Å². The molecule has 0 aromatic heterocycles. The first-order valence-electron chi connectivity index (χ1n) is 5.12. The summed E-state index contributed by atoms with van der Waals surface area (Å²) in [6.45, 7) is 4.10. The Morgan fingerprint density at radius 1 is 1.19 bits per heavy atom. The average Bonchev–Trinajstić information content (AvgIpc) is 2.27. The third-order valence-electron chi connectivity index (χ3n) is 1.89. The highest BCUT2D eigenvalue weighted by Gasteiger charge is 2.12. The Bertz CT molecular complexity index is 257. The highest BCUT2D eigenvalue weighted by Crippen LogP contribution is 1.99. The SMILES string of the molecule is CC=C(C)C(=O)OC(=O)OCCCCOC.